The molecule has 1 aromatic rings. The summed E-state index contributed by atoms with van der Waals surface area (Å²) in [5.41, 5.74) is 0. The maximum absolute atomic E-state index is 12.2. The molecule has 0 saturated heterocycles. The Labute approximate surface area is 114 Å². The second-order valence-electron chi connectivity index (χ2n) is 4.37. The number of likely N-dealkylation sites (N-methyl/N-ethyl adjacent to an activating group) is 1. The number of aliphatic hydroxyl groups excluding tert-OH is 1. The number of hydrogen-bond acceptors (Lipinski definition) is 4. The fourth-order valence-electron chi connectivity index (χ4n) is 1.45. The van der Waals surface area contributed by atoms with Crippen LogP contribution >= 0.6 is 0 Å². The standard InChI is InChI=1S/C13H21NO4S/c1-4-9-18-12-5-7-13(8-6-12)19(16,17)14(3)11(2)10-15/h5-8,11,15H,4,9-10H2,1-3H3/t11-/m1/s1. The van der Waals surface area contributed by atoms with Crippen molar-refractivity contribution < 1.29 is 18.3 Å². The van der Waals surface area contributed by atoms with Gasteiger partial charge in [-0.3, -0.25) is 0 Å². The van der Waals surface area contributed by atoms with E-state index < -0.39 is 16.1 Å². The molecule has 0 aromatic heterocycles. The van der Waals surface area contributed by atoms with Crippen LogP contribution in [0.15, 0.2) is 29.2 Å². The lowest BCUT2D eigenvalue weighted by Crippen LogP contribution is -2.37. The fraction of sp³-hybridized carbons (Fsp3) is 0.538. The molecular formula is C13H21NO4S. The van der Waals surface area contributed by atoms with Crippen molar-refractivity contribution in [3.8, 4) is 5.75 Å². The van der Waals surface area contributed by atoms with Crippen molar-refractivity contribution >= 4 is 10.0 Å². The van der Waals surface area contributed by atoms with E-state index in [2.05, 4.69) is 0 Å². The zero-order valence-electron chi connectivity index (χ0n) is 11.5. The first kappa shape index (κ1) is 15.9. The Bertz CT molecular complexity index is 484. The molecule has 0 amide bonds. The highest BCUT2D eigenvalue weighted by atomic mass is 32.2. The van der Waals surface area contributed by atoms with Crippen LogP contribution in [0.4, 0.5) is 0 Å². The van der Waals surface area contributed by atoms with Gasteiger partial charge in [-0.1, -0.05) is 6.92 Å². The molecule has 1 rings (SSSR count). The van der Waals surface area contributed by atoms with Crippen molar-refractivity contribution in [3.63, 3.8) is 0 Å². The van der Waals surface area contributed by atoms with Crippen LogP contribution in [0.3, 0.4) is 0 Å². The summed E-state index contributed by atoms with van der Waals surface area (Å²) >= 11 is 0. The van der Waals surface area contributed by atoms with Crippen molar-refractivity contribution in [2.24, 2.45) is 0 Å². The average molecular weight is 287 g/mol. The number of nitrogens with zero attached hydrogens (tertiary/aromatic N) is 1. The van der Waals surface area contributed by atoms with Gasteiger partial charge in [-0.25, -0.2) is 8.42 Å². The lowest BCUT2D eigenvalue weighted by atomic mass is 10.3. The molecule has 0 aliphatic rings. The Hall–Kier alpha value is -1.11. The van der Waals surface area contributed by atoms with Gasteiger partial charge in [0, 0.05) is 13.1 Å². The number of hydrogen-bond donors (Lipinski definition) is 1. The molecule has 0 aliphatic carbocycles. The van der Waals surface area contributed by atoms with E-state index in [-0.39, 0.29) is 11.5 Å². The first-order valence-electron chi connectivity index (χ1n) is 6.25. The fourth-order valence-corrected chi connectivity index (χ4v) is 2.80. The highest BCUT2D eigenvalue weighted by molar-refractivity contribution is 7.89. The second-order valence-corrected chi connectivity index (χ2v) is 6.37. The first-order valence-corrected chi connectivity index (χ1v) is 7.69. The van der Waals surface area contributed by atoms with E-state index in [4.69, 9.17) is 9.84 Å². The summed E-state index contributed by atoms with van der Waals surface area (Å²) in [6.45, 7) is 4.04. The van der Waals surface area contributed by atoms with Gasteiger partial charge in [-0.05, 0) is 37.6 Å². The first-order chi connectivity index (χ1) is 8.93. The van der Waals surface area contributed by atoms with Crippen molar-refractivity contribution in [2.45, 2.75) is 31.2 Å². The van der Waals surface area contributed by atoms with E-state index >= 15 is 0 Å². The minimum atomic E-state index is -3.57. The molecule has 0 radical (unpaired) electrons. The van der Waals surface area contributed by atoms with E-state index in [0.29, 0.717) is 12.4 Å². The van der Waals surface area contributed by atoms with Gasteiger partial charge in [0.1, 0.15) is 5.75 Å². The molecule has 0 fully saturated rings. The van der Waals surface area contributed by atoms with Crippen LogP contribution < -0.4 is 4.74 Å². The lowest BCUT2D eigenvalue weighted by molar-refractivity contribution is 0.214. The Kier molecular flexibility index (Phi) is 5.78. The summed E-state index contributed by atoms with van der Waals surface area (Å²) in [7, 11) is -2.11. The van der Waals surface area contributed by atoms with Gasteiger partial charge < -0.3 is 9.84 Å². The van der Waals surface area contributed by atoms with Crippen LogP contribution in [0.5, 0.6) is 5.75 Å². The zero-order valence-corrected chi connectivity index (χ0v) is 12.4. The molecular weight excluding hydrogens is 266 g/mol. The quantitative estimate of drug-likeness (QED) is 0.825. The van der Waals surface area contributed by atoms with Crippen LogP contribution in [0, 0.1) is 0 Å². The van der Waals surface area contributed by atoms with E-state index in [9.17, 15) is 8.42 Å². The summed E-state index contributed by atoms with van der Waals surface area (Å²) in [5.74, 6) is 0.652. The van der Waals surface area contributed by atoms with Crippen molar-refractivity contribution in [1.29, 1.82) is 0 Å². The van der Waals surface area contributed by atoms with Gasteiger partial charge in [-0.2, -0.15) is 4.31 Å². The second kappa shape index (κ2) is 6.88. The van der Waals surface area contributed by atoms with E-state index in [0.717, 1.165) is 10.7 Å². The maximum atomic E-state index is 12.2. The van der Waals surface area contributed by atoms with Gasteiger partial charge in [0.05, 0.1) is 18.1 Å². The summed E-state index contributed by atoms with van der Waals surface area (Å²) in [4.78, 5) is 0.194. The molecule has 0 unspecified atom stereocenters. The van der Waals surface area contributed by atoms with Gasteiger partial charge >= 0.3 is 0 Å². The third-order valence-electron chi connectivity index (χ3n) is 2.86. The predicted molar refractivity (Wildman–Crippen MR) is 73.7 cm³/mol. The number of rotatable bonds is 7. The Morgan fingerprint density at radius 1 is 1.32 bits per heavy atom. The molecule has 1 N–H and O–H groups in total. The molecule has 0 spiro atoms. The van der Waals surface area contributed by atoms with Crippen molar-refractivity contribution in [2.75, 3.05) is 20.3 Å². The SMILES string of the molecule is CCCOc1ccc(S(=O)(=O)N(C)[C@H](C)CO)cc1. The maximum Gasteiger partial charge on any atom is 0.243 e. The molecule has 5 nitrogen and oxygen atoms in total. The largest absolute Gasteiger partial charge is 0.494 e. The van der Waals surface area contributed by atoms with Crippen LogP contribution in [0.1, 0.15) is 20.3 Å². The molecule has 1 atom stereocenters. The van der Waals surface area contributed by atoms with Crippen LogP contribution in [0.25, 0.3) is 0 Å². The Morgan fingerprint density at radius 3 is 2.37 bits per heavy atom. The van der Waals surface area contributed by atoms with Gasteiger partial charge in [0.15, 0.2) is 0 Å². The molecule has 6 heteroatoms. The molecule has 0 saturated carbocycles. The van der Waals surface area contributed by atoms with Gasteiger partial charge in [-0.15, -0.1) is 0 Å². The lowest BCUT2D eigenvalue weighted by Gasteiger charge is -2.22. The van der Waals surface area contributed by atoms with E-state index in [1.54, 1.807) is 19.1 Å². The zero-order chi connectivity index (χ0) is 14.5. The van der Waals surface area contributed by atoms with E-state index in [1.165, 1.54) is 19.2 Å². The summed E-state index contributed by atoms with van der Waals surface area (Å²) in [6.07, 6.45) is 0.900. The molecule has 1 aromatic carbocycles. The molecule has 0 aliphatic heterocycles. The average Bonchev–Trinajstić information content (AvgIpc) is 2.43. The highest BCUT2D eigenvalue weighted by Crippen LogP contribution is 2.20. The Morgan fingerprint density at radius 2 is 1.89 bits per heavy atom. The number of benzene rings is 1. The van der Waals surface area contributed by atoms with Crippen LogP contribution in [0.2, 0.25) is 0 Å². The molecule has 19 heavy (non-hydrogen) atoms. The van der Waals surface area contributed by atoms with Crippen molar-refractivity contribution in [1.82, 2.24) is 4.31 Å². The smallest absolute Gasteiger partial charge is 0.243 e. The topological polar surface area (TPSA) is 66.8 Å². The van der Waals surface area contributed by atoms with Crippen molar-refractivity contribution in [3.05, 3.63) is 24.3 Å². The third-order valence-corrected chi connectivity index (χ3v) is 4.84. The van der Waals surface area contributed by atoms with Crippen LogP contribution in [-0.4, -0.2) is 44.1 Å². The number of sulfonamides is 1. The minimum absolute atomic E-state index is 0.194. The monoisotopic (exact) mass is 287 g/mol. The predicted octanol–water partition coefficient (Wildman–Crippen LogP) is 1.48. The number of ether oxygens (including phenoxy) is 1. The Balaban J connectivity index is 2.90. The van der Waals surface area contributed by atoms with Gasteiger partial charge in [0.25, 0.3) is 0 Å². The summed E-state index contributed by atoms with van der Waals surface area (Å²) in [5, 5.41) is 9.03. The third kappa shape index (κ3) is 3.92. The normalized spacial score (nSPS) is 13.5. The summed E-state index contributed by atoms with van der Waals surface area (Å²) in [6, 6.07) is 5.85. The number of aliphatic hydroxyl groups is 1. The van der Waals surface area contributed by atoms with Crippen LogP contribution in [-0.2, 0) is 10.0 Å². The minimum Gasteiger partial charge on any atom is -0.494 e. The van der Waals surface area contributed by atoms with E-state index in [1.807, 2.05) is 6.92 Å². The molecule has 0 heterocycles. The molecule has 108 valence electrons. The van der Waals surface area contributed by atoms with Gasteiger partial charge in [0.2, 0.25) is 10.0 Å². The molecule has 0 bridgehead atoms. The summed E-state index contributed by atoms with van der Waals surface area (Å²) < 4.78 is 31.0. The highest BCUT2D eigenvalue weighted by Gasteiger charge is 2.24.